The van der Waals surface area contributed by atoms with Gasteiger partial charge in [-0.05, 0) is 51.3 Å². The van der Waals surface area contributed by atoms with Gasteiger partial charge in [0.1, 0.15) is 0 Å². The third-order valence-corrected chi connectivity index (χ3v) is 5.31. The number of piperidine rings is 1. The number of benzene rings is 1. The third-order valence-electron chi connectivity index (χ3n) is 4.23. The number of nitrogens with one attached hydrogen (secondary N) is 2. The molecule has 0 unspecified atom stereocenters. The van der Waals surface area contributed by atoms with Crippen molar-refractivity contribution in [3.05, 3.63) is 39.8 Å². The lowest BCUT2D eigenvalue weighted by Crippen LogP contribution is -2.30. The molecule has 3 rings (SSSR count). The van der Waals surface area contributed by atoms with Gasteiger partial charge in [-0.1, -0.05) is 6.07 Å². The lowest BCUT2D eigenvalue weighted by atomic mass is 10.1. The Hall–Kier alpha value is -2.08. The fourth-order valence-corrected chi connectivity index (χ4v) is 3.88. The topological polar surface area (TPSA) is 57.3 Å². The fraction of sp³-hybridized carbons (Fsp3) is 0.444. The Kier molecular flexibility index (Phi) is 5.35. The SMILES string of the molecule is Cc1nc(C)c(CNC(=O)Nc2cccc(N3CCCCC3)c2)s1. The van der Waals surface area contributed by atoms with Gasteiger partial charge in [-0.2, -0.15) is 0 Å². The molecular weight excluding hydrogens is 320 g/mol. The average molecular weight is 344 g/mol. The summed E-state index contributed by atoms with van der Waals surface area (Å²) in [7, 11) is 0. The molecule has 2 aromatic rings. The molecule has 2 N–H and O–H groups in total. The van der Waals surface area contributed by atoms with Crippen molar-refractivity contribution in [1.82, 2.24) is 10.3 Å². The summed E-state index contributed by atoms with van der Waals surface area (Å²) in [6.45, 7) is 6.65. The summed E-state index contributed by atoms with van der Waals surface area (Å²) in [5, 5.41) is 6.86. The second-order valence-corrected chi connectivity index (χ2v) is 7.43. The number of hydrogen-bond acceptors (Lipinski definition) is 4. The molecule has 1 aliphatic rings. The highest BCUT2D eigenvalue weighted by Crippen LogP contribution is 2.23. The summed E-state index contributed by atoms with van der Waals surface area (Å²) in [6, 6.07) is 7.90. The summed E-state index contributed by atoms with van der Waals surface area (Å²) in [5.41, 5.74) is 3.00. The quantitative estimate of drug-likeness (QED) is 0.879. The molecule has 5 nitrogen and oxygen atoms in total. The smallest absolute Gasteiger partial charge is 0.319 e. The van der Waals surface area contributed by atoms with Crippen LogP contribution in [0.4, 0.5) is 16.2 Å². The van der Waals surface area contributed by atoms with Gasteiger partial charge in [-0.3, -0.25) is 0 Å². The van der Waals surface area contributed by atoms with Crippen molar-refractivity contribution in [2.24, 2.45) is 0 Å². The van der Waals surface area contributed by atoms with E-state index in [4.69, 9.17) is 0 Å². The molecule has 24 heavy (non-hydrogen) atoms. The number of aromatic nitrogens is 1. The number of thiazole rings is 1. The average Bonchev–Trinajstić information content (AvgIpc) is 2.91. The van der Waals surface area contributed by atoms with E-state index in [-0.39, 0.29) is 6.03 Å². The maximum Gasteiger partial charge on any atom is 0.319 e. The molecule has 1 saturated heterocycles. The van der Waals surface area contributed by atoms with Crippen molar-refractivity contribution in [3.63, 3.8) is 0 Å². The third kappa shape index (κ3) is 4.26. The Bertz CT molecular complexity index is 707. The van der Waals surface area contributed by atoms with Crippen molar-refractivity contribution in [2.45, 2.75) is 39.7 Å². The lowest BCUT2D eigenvalue weighted by Gasteiger charge is -2.29. The number of aryl methyl sites for hydroxylation is 2. The van der Waals surface area contributed by atoms with Crippen LogP contribution in [-0.2, 0) is 6.54 Å². The summed E-state index contributed by atoms with van der Waals surface area (Å²) in [5.74, 6) is 0. The normalized spacial score (nSPS) is 14.5. The van der Waals surface area contributed by atoms with Crippen LogP contribution in [0.15, 0.2) is 24.3 Å². The molecule has 1 fully saturated rings. The molecule has 1 aliphatic heterocycles. The van der Waals surface area contributed by atoms with Gasteiger partial charge >= 0.3 is 6.03 Å². The molecule has 1 aromatic heterocycles. The number of nitrogens with zero attached hydrogens (tertiary/aromatic N) is 2. The second-order valence-electron chi connectivity index (χ2n) is 6.15. The maximum absolute atomic E-state index is 12.1. The van der Waals surface area contributed by atoms with Gasteiger partial charge < -0.3 is 15.5 Å². The van der Waals surface area contributed by atoms with Gasteiger partial charge in [0.2, 0.25) is 0 Å². The van der Waals surface area contributed by atoms with Crippen molar-refractivity contribution < 1.29 is 4.79 Å². The summed E-state index contributed by atoms with van der Waals surface area (Å²) in [6.07, 6.45) is 3.80. The monoisotopic (exact) mass is 344 g/mol. The van der Waals surface area contributed by atoms with Crippen LogP contribution in [-0.4, -0.2) is 24.1 Å². The van der Waals surface area contributed by atoms with E-state index in [1.54, 1.807) is 11.3 Å². The minimum atomic E-state index is -0.184. The zero-order valence-electron chi connectivity index (χ0n) is 14.3. The lowest BCUT2D eigenvalue weighted by molar-refractivity contribution is 0.252. The van der Waals surface area contributed by atoms with Crippen LogP contribution in [0.25, 0.3) is 0 Å². The van der Waals surface area contributed by atoms with Crippen LogP contribution in [0.2, 0.25) is 0 Å². The highest BCUT2D eigenvalue weighted by atomic mass is 32.1. The first-order chi connectivity index (χ1) is 11.6. The van der Waals surface area contributed by atoms with Crippen molar-refractivity contribution in [3.8, 4) is 0 Å². The Morgan fingerprint density at radius 1 is 1.25 bits per heavy atom. The molecule has 0 radical (unpaired) electrons. The number of urea groups is 1. The van der Waals surface area contributed by atoms with Gasteiger partial charge in [-0.15, -0.1) is 11.3 Å². The van der Waals surface area contributed by atoms with Crippen LogP contribution in [0.5, 0.6) is 0 Å². The van der Waals surface area contributed by atoms with E-state index in [1.165, 1.54) is 24.9 Å². The van der Waals surface area contributed by atoms with Crippen LogP contribution >= 0.6 is 11.3 Å². The number of carbonyl (C=O) groups excluding carboxylic acids is 1. The maximum atomic E-state index is 12.1. The number of anilines is 2. The predicted molar refractivity (Wildman–Crippen MR) is 100.0 cm³/mol. The van der Waals surface area contributed by atoms with Gasteiger partial charge in [0, 0.05) is 29.3 Å². The van der Waals surface area contributed by atoms with E-state index in [0.29, 0.717) is 6.54 Å². The molecule has 1 aromatic carbocycles. The molecule has 6 heteroatoms. The molecule has 128 valence electrons. The van der Waals surface area contributed by atoms with Gasteiger partial charge in [0.15, 0.2) is 0 Å². The zero-order chi connectivity index (χ0) is 16.9. The molecule has 0 bridgehead atoms. The Morgan fingerprint density at radius 2 is 2.04 bits per heavy atom. The van der Waals surface area contributed by atoms with E-state index < -0.39 is 0 Å². The molecular formula is C18H24N4OS. The predicted octanol–water partition coefficient (Wildman–Crippen LogP) is 4.07. The summed E-state index contributed by atoms with van der Waals surface area (Å²) in [4.78, 5) is 20.0. The van der Waals surface area contributed by atoms with E-state index in [0.717, 1.165) is 34.4 Å². The van der Waals surface area contributed by atoms with Crippen molar-refractivity contribution >= 4 is 28.7 Å². The Labute approximate surface area is 147 Å². The molecule has 0 aliphatic carbocycles. The van der Waals surface area contributed by atoms with E-state index in [2.05, 4.69) is 26.6 Å². The van der Waals surface area contributed by atoms with Crippen LogP contribution in [0.1, 0.15) is 34.8 Å². The Balaban J connectivity index is 1.57. The molecule has 2 amide bonds. The van der Waals surface area contributed by atoms with E-state index >= 15 is 0 Å². The number of amides is 2. The minimum Gasteiger partial charge on any atom is -0.371 e. The fourth-order valence-electron chi connectivity index (χ4n) is 3.01. The number of carbonyl (C=O) groups is 1. The minimum absolute atomic E-state index is 0.184. The first-order valence-corrected chi connectivity index (χ1v) is 9.26. The first kappa shape index (κ1) is 16.8. The molecule has 0 atom stereocenters. The molecule has 0 saturated carbocycles. The van der Waals surface area contributed by atoms with Crippen molar-refractivity contribution in [2.75, 3.05) is 23.3 Å². The van der Waals surface area contributed by atoms with Crippen LogP contribution < -0.4 is 15.5 Å². The number of rotatable bonds is 4. The highest BCUT2D eigenvalue weighted by Gasteiger charge is 2.12. The van der Waals surface area contributed by atoms with Crippen LogP contribution in [0.3, 0.4) is 0 Å². The Morgan fingerprint density at radius 3 is 2.75 bits per heavy atom. The van der Waals surface area contributed by atoms with Gasteiger partial charge in [0.25, 0.3) is 0 Å². The molecule has 2 heterocycles. The second kappa shape index (κ2) is 7.66. The largest absolute Gasteiger partial charge is 0.371 e. The van der Waals surface area contributed by atoms with Gasteiger partial charge in [0.05, 0.1) is 17.2 Å². The van der Waals surface area contributed by atoms with E-state index in [1.807, 2.05) is 32.0 Å². The highest BCUT2D eigenvalue weighted by molar-refractivity contribution is 7.11. The molecule has 0 spiro atoms. The summed E-state index contributed by atoms with van der Waals surface area (Å²) >= 11 is 1.62. The first-order valence-electron chi connectivity index (χ1n) is 8.44. The standard InChI is InChI=1S/C18H24N4OS/c1-13-17(24-14(2)20-13)12-19-18(23)21-15-7-6-8-16(11-15)22-9-4-3-5-10-22/h6-8,11H,3-5,9-10,12H2,1-2H3,(H2,19,21,23). The van der Waals surface area contributed by atoms with Crippen LogP contribution in [0, 0.1) is 13.8 Å². The summed E-state index contributed by atoms with van der Waals surface area (Å²) < 4.78 is 0. The van der Waals surface area contributed by atoms with Gasteiger partial charge in [-0.25, -0.2) is 9.78 Å². The van der Waals surface area contributed by atoms with E-state index in [9.17, 15) is 4.79 Å². The van der Waals surface area contributed by atoms with Crippen molar-refractivity contribution in [1.29, 1.82) is 0 Å². The number of hydrogen-bond donors (Lipinski definition) is 2. The zero-order valence-corrected chi connectivity index (χ0v) is 15.1.